The number of guanidine groups is 1. The highest BCUT2D eigenvalue weighted by molar-refractivity contribution is 14.0. The second kappa shape index (κ2) is 10.3. The van der Waals surface area contributed by atoms with Crippen molar-refractivity contribution in [3.05, 3.63) is 35.4 Å². The molecule has 2 rings (SSSR count). The molecule has 0 fully saturated rings. The number of nitrogens with one attached hydrogen (secondary N) is 1. The molecule has 1 N–H and O–H groups in total. The lowest BCUT2D eigenvalue weighted by molar-refractivity contribution is 0.375. The topological polar surface area (TPSA) is 65.0 Å². The zero-order chi connectivity index (χ0) is 17.6. The first-order valence-electron chi connectivity index (χ1n) is 8.43. The molecule has 0 aliphatic carbocycles. The van der Waals surface area contributed by atoms with Crippen molar-refractivity contribution in [3.8, 4) is 0 Å². The van der Waals surface area contributed by atoms with E-state index >= 15 is 0 Å². The number of nitrogens with zero attached hydrogens (tertiary/aromatic N) is 3. The Morgan fingerprint density at radius 1 is 1.32 bits per heavy atom. The molecular weight excluding hydrogens is 451 g/mol. The van der Waals surface area contributed by atoms with Crippen molar-refractivity contribution < 1.29 is 8.42 Å². The lowest BCUT2D eigenvalue weighted by Gasteiger charge is -2.31. The van der Waals surface area contributed by atoms with Crippen molar-refractivity contribution in [1.29, 1.82) is 0 Å². The summed E-state index contributed by atoms with van der Waals surface area (Å²) < 4.78 is 24.7. The van der Waals surface area contributed by atoms with E-state index in [-0.39, 0.29) is 24.0 Å². The zero-order valence-corrected chi connectivity index (χ0v) is 18.4. The molecule has 0 unspecified atom stereocenters. The third-order valence-electron chi connectivity index (χ3n) is 4.33. The van der Waals surface area contributed by atoms with Gasteiger partial charge in [0.2, 0.25) is 10.0 Å². The van der Waals surface area contributed by atoms with E-state index in [0.29, 0.717) is 19.6 Å². The molecule has 0 aromatic heterocycles. The quantitative estimate of drug-likeness (QED) is 0.293. The first-order chi connectivity index (χ1) is 11.5. The van der Waals surface area contributed by atoms with Crippen molar-refractivity contribution in [1.82, 2.24) is 14.5 Å². The van der Waals surface area contributed by atoms with Crippen LogP contribution in [0.25, 0.3) is 0 Å². The maximum Gasteiger partial charge on any atom is 0.211 e. The van der Waals surface area contributed by atoms with Crippen LogP contribution in [-0.2, 0) is 23.0 Å². The van der Waals surface area contributed by atoms with E-state index in [2.05, 4.69) is 39.5 Å². The maximum absolute atomic E-state index is 11.6. The van der Waals surface area contributed by atoms with Gasteiger partial charge in [-0.1, -0.05) is 31.2 Å². The van der Waals surface area contributed by atoms with Crippen molar-refractivity contribution in [2.75, 3.05) is 39.5 Å². The van der Waals surface area contributed by atoms with Gasteiger partial charge < -0.3 is 10.2 Å². The fourth-order valence-corrected chi connectivity index (χ4v) is 3.95. The molecule has 0 bridgehead atoms. The predicted octanol–water partition coefficient (Wildman–Crippen LogP) is 1.91. The predicted molar refractivity (Wildman–Crippen MR) is 114 cm³/mol. The summed E-state index contributed by atoms with van der Waals surface area (Å²) in [6, 6.07) is 8.51. The summed E-state index contributed by atoms with van der Waals surface area (Å²) in [6.07, 6.45) is 3.03. The summed E-state index contributed by atoms with van der Waals surface area (Å²) in [5, 5.41) is 3.36. The largest absolute Gasteiger partial charge is 0.356 e. The minimum atomic E-state index is -3.11. The highest BCUT2D eigenvalue weighted by Crippen LogP contribution is 2.18. The number of halogens is 1. The van der Waals surface area contributed by atoms with Gasteiger partial charge in [-0.25, -0.2) is 12.7 Å². The van der Waals surface area contributed by atoms with E-state index in [1.165, 1.54) is 21.7 Å². The Morgan fingerprint density at radius 3 is 2.60 bits per heavy atom. The molecule has 8 heteroatoms. The number of benzene rings is 1. The first-order valence-corrected chi connectivity index (χ1v) is 10.3. The molecule has 0 spiro atoms. The zero-order valence-electron chi connectivity index (χ0n) is 15.2. The Balaban J connectivity index is 0.00000312. The van der Waals surface area contributed by atoms with E-state index in [4.69, 9.17) is 0 Å². The Labute approximate surface area is 168 Å². The summed E-state index contributed by atoms with van der Waals surface area (Å²) in [6.45, 7) is 5.41. The molecule has 6 nitrogen and oxygen atoms in total. The van der Waals surface area contributed by atoms with Crippen LogP contribution in [0.3, 0.4) is 0 Å². The molecule has 0 amide bonds. The summed E-state index contributed by atoms with van der Waals surface area (Å²) in [5.41, 5.74) is 2.76. The fraction of sp³-hybridized carbons (Fsp3) is 0.588. The smallest absolute Gasteiger partial charge is 0.211 e. The van der Waals surface area contributed by atoms with E-state index in [1.54, 1.807) is 7.05 Å². The minimum Gasteiger partial charge on any atom is -0.356 e. The molecule has 142 valence electrons. The maximum atomic E-state index is 11.6. The second-order valence-electron chi connectivity index (χ2n) is 6.02. The lowest BCUT2D eigenvalue weighted by atomic mass is 10.0. The van der Waals surface area contributed by atoms with Crippen LogP contribution in [0, 0.1) is 0 Å². The number of hydrogen-bond donors (Lipinski definition) is 1. The number of sulfonamides is 1. The van der Waals surface area contributed by atoms with Crippen LogP contribution in [0.15, 0.2) is 29.3 Å². The highest BCUT2D eigenvalue weighted by atomic mass is 127. The normalized spacial score (nSPS) is 14.9. The van der Waals surface area contributed by atoms with Gasteiger partial charge in [-0.15, -0.1) is 24.0 Å². The van der Waals surface area contributed by atoms with Crippen molar-refractivity contribution >= 4 is 40.0 Å². The molecule has 1 aromatic carbocycles. The summed E-state index contributed by atoms with van der Waals surface area (Å²) in [7, 11) is -1.32. The Morgan fingerprint density at radius 2 is 2.00 bits per heavy atom. The molecule has 0 atom stereocenters. The van der Waals surface area contributed by atoms with E-state index in [1.807, 2.05) is 6.92 Å². The number of rotatable bonds is 6. The molecule has 0 saturated carbocycles. The van der Waals surface area contributed by atoms with Gasteiger partial charge >= 0.3 is 0 Å². The van der Waals surface area contributed by atoms with Crippen LogP contribution >= 0.6 is 24.0 Å². The number of aliphatic imine (C=N–C) groups is 1. The van der Waals surface area contributed by atoms with Gasteiger partial charge in [0.1, 0.15) is 0 Å². The number of fused-ring (bicyclic) bond motifs is 1. The second-order valence-corrected chi connectivity index (χ2v) is 8.00. The highest BCUT2D eigenvalue weighted by Gasteiger charge is 2.18. The Kier molecular flexibility index (Phi) is 9.15. The van der Waals surface area contributed by atoms with E-state index < -0.39 is 10.0 Å². The fourth-order valence-electron chi connectivity index (χ4n) is 3.02. The van der Waals surface area contributed by atoms with Crippen LogP contribution in [0.4, 0.5) is 0 Å². The van der Waals surface area contributed by atoms with Gasteiger partial charge in [0.25, 0.3) is 0 Å². The summed E-state index contributed by atoms with van der Waals surface area (Å²) in [5.74, 6) is 0.881. The first kappa shape index (κ1) is 22.2. The van der Waals surface area contributed by atoms with E-state index in [9.17, 15) is 8.42 Å². The molecule has 0 saturated heterocycles. The van der Waals surface area contributed by atoms with Crippen LogP contribution in [-0.4, -0.2) is 63.1 Å². The molecule has 25 heavy (non-hydrogen) atoms. The van der Waals surface area contributed by atoms with Crippen LogP contribution in [0.5, 0.6) is 0 Å². The number of hydrogen-bond acceptors (Lipinski definition) is 3. The SMILES string of the molecule is CCN(CCCNC(=NC)N1CCc2ccccc2C1)S(C)(=O)=O.I. The third-order valence-corrected chi connectivity index (χ3v) is 5.71. The van der Waals surface area contributed by atoms with Gasteiger partial charge in [-0.05, 0) is 24.0 Å². The lowest BCUT2D eigenvalue weighted by Crippen LogP contribution is -2.44. The van der Waals surface area contributed by atoms with Crippen LogP contribution < -0.4 is 5.32 Å². The van der Waals surface area contributed by atoms with Crippen molar-refractivity contribution in [3.63, 3.8) is 0 Å². The van der Waals surface area contributed by atoms with Gasteiger partial charge in [-0.3, -0.25) is 4.99 Å². The summed E-state index contributed by atoms with van der Waals surface area (Å²) >= 11 is 0. The van der Waals surface area contributed by atoms with Crippen LogP contribution in [0.1, 0.15) is 24.5 Å². The molecule has 1 aromatic rings. The average Bonchev–Trinajstić information content (AvgIpc) is 2.56. The standard InChI is InChI=1S/C17H28N4O2S.HI/c1-4-21(24(3,22)23)12-7-11-19-17(18-2)20-13-10-15-8-5-6-9-16(15)14-20;/h5-6,8-9H,4,7,10-14H2,1-3H3,(H,18,19);1H. The van der Waals surface area contributed by atoms with Crippen molar-refractivity contribution in [2.24, 2.45) is 4.99 Å². The van der Waals surface area contributed by atoms with Gasteiger partial charge in [0.15, 0.2) is 5.96 Å². The average molecular weight is 480 g/mol. The molecule has 1 aliphatic rings. The van der Waals surface area contributed by atoms with Gasteiger partial charge in [0.05, 0.1) is 6.26 Å². The monoisotopic (exact) mass is 480 g/mol. The molecular formula is C17H29IN4O2S. The summed E-state index contributed by atoms with van der Waals surface area (Å²) in [4.78, 5) is 6.62. The van der Waals surface area contributed by atoms with Gasteiger partial charge in [0, 0.05) is 39.8 Å². The van der Waals surface area contributed by atoms with Crippen molar-refractivity contribution in [2.45, 2.75) is 26.3 Å². The Bertz CT molecular complexity index is 679. The van der Waals surface area contributed by atoms with Gasteiger partial charge in [-0.2, -0.15) is 0 Å². The Hall–Kier alpha value is -0.870. The van der Waals surface area contributed by atoms with Crippen LogP contribution in [0.2, 0.25) is 0 Å². The van der Waals surface area contributed by atoms with E-state index in [0.717, 1.165) is 31.9 Å². The third kappa shape index (κ3) is 6.41. The molecule has 1 heterocycles. The minimum absolute atomic E-state index is 0. The molecule has 0 radical (unpaired) electrons. The molecule has 1 aliphatic heterocycles.